The molecule has 1 N–H and O–H groups in total. The molecule has 0 aliphatic heterocycles. The highest BCUT2D eigenvalue weighted by Crippen LogP contribution is 2.25. The monoisotopic (exact) mass is 289 g/mol. The fraction of sp³-hybridized carbons (Fsp3) is 0.0526. The largest absolute Gasteiger partial charge is 0.463 e. The van der Waals surface area contributed by atoms with Gasteiger partial charge < -0.3 is 13.8 Å². The number of aromatic nitrogens is 1. The fourth-order valence-corrected chi connectivity index (χ4v) is 2.54. The molecule has 0 unspecified atom stereocenters. The minimum atomic E-state index is 0.847. The van der Waals surface area contributed by atoms with E-state index in [-0.39, 0.29) is 0 Å². The Morgan fingerprint density at radius 1 is 1.00 bits per heavy atom. The highest BCUT2D eigenvalue weighted by molar-refractivity contribution is 5.87. The van der Waals surface area contributed by atoms with E-state index >= 15 is 0 Å². The quantitative estimate of drug-likeness (QED) is 0.541. The van der Waals surface area contributed by atoms with E-state index in [0.29, 0.717) is 0 Å². The van der Waals surface area contributed by atoms with E-state index in [1.807, 2.05) is 37.3 Å². The molecule has 0 atom stereocenters. The summed E-state index contributed by atoms with van der Waals surface area (Å²) < 4.78 is 11.0. The fourth-order valence-electron chi connectivity index (χ4n) is 2.54. The van der Waals surface area contributed by atoms with Crippen LogP contribution < -0.4 is 0 Å². The van der Waals surface area contributed by atoms with Crippen LogP contribution in [0.4, 0.5) is 0 Å². The SMILES string of the molecule is Cc1ccc(C=Cc2ccc3[nH]c(-c4ccco4)cc3c2)o1. The van der Waals surface area contributed by atoms with E-state index in [0.717, 1.165) is 39.4 Å². The van der Waals surface area contributed by atoms with Crippen LogP contribution in [0.3, 0.4) is 0 Å². The van der Waals surface area contributed by atoms with Gasteiger partial charge in [-0.3, -0.25) is 0 Å². The van der Waals surface area contributed by atoms with E-state index in [9.17, 15) is 0 Å². The third kappa shape index (κ3) is 2.37. The highest BCUT2D eigenvalue weighted by atomic mass is 16.3. The summed E-state index contributed by atoms with van der Waals surface area (Å²) >= 11 is 0. The summed E-state index contributed by atoms with van der Waals surface area (Å²) in [4.78, 5) is 3.37. The van der Waals surface area contributed by atoms with Gasteiger partial charge in [0.1, 0.15) is 17.3 Å². The molecule has 4 aromatic rings. The lowest BCUT2D eigenvalue weighted by atomic mass is 10.1. The van der Waals surface area contributed by atoms with Crippen molar-refractivity contribution in [1.29, 1.82) is 0 Å². The van der Waals surface area contributed by atoms with E-state index in [2.05, 4.69) is 35.3 Å². The molecule has 0 saturated carbocycles. The predicted octanol–water partition coefficient (Wildman–Crippen LogP) is 5.50. The van der Waals surface area contributed by atoms with Crippen LogP contribution in [-0.4, -0.2) is 4.98 Å². The third-order valence-electron chi connectivity index (χ3n) is 3.63. The predicted molar refractivity (Wildman–Crippen MR) is 88.4 cm³/mol. The van der Waals surface area contributed by atoms with E-state index < -0.39 is 0 Å². The van der Waals surface area contributed by atoms with Crippen molar-refractivity contribution in [2.75, 3.05) is 0 Å². The Hall–Kier alpha value is -2.94. The van der Waals surface area contributed by atoms with Gasteiger partial charge in [0.25, 0.3) is 0 Å². The Labute approximate surface area is 127 Å². The summed E-state index contributed by atoms with van der Waals surface area (Å²) in [7, 11) is 0. The number of hydrogen-bond acceptors (Lipinski definition) is 2. The lowest BCUT2D eigenvalue weighted by Crippen LogP contribution is -1.73. The average Bonchev–Trinajstić information content (AvgIpc) is 3.24. The van der Waals surface area contributed by atoms with Crippen LogP contribution in [0.15, 0.2) is 63.6 Å². The Morgan fingerprint density at radius 2 is 1.95 bits per heavy atom. The topological polar surface area (TPSA) is 42.1 Å². The normalized spacial score (nSPS) is 11.7. The van der Waals surface area contributed by atoms with Crippen LogP contribution in [-0.2, 0) is 0 Å². The molecule has 0 saturated heterocycles. The molecule has 3 heterocycles. The number of rotatable bonds is 3. The Morgan fingerprint density at radius 3 is 2.73 bits per heavy atom. The van der Waals surface area contributed by atoms with Gasteiger partial charge in [-0.15, -0.1) is 0 Å². The number of H-pyrrole nitrogens is 1. The van der Waals surface area contributed by atoms with Gasteiger partial charge in [0, 0.05) is 10.9 Å². The number of aromatic amines is 1. The van der Waals surface area contributed by atoms with Gasteiger partial charge in [-0.25, -0.2) is 0 Å². The average molecular weight is 289 g/mol. The molecule has 0 aliphatic rings. The van der Waals surface area contributed by atoms with E-state index in [4.69, 9.17) is 8.83 Å². The minimum Gasteiger partial charge on any atom is -0.463 e. The van der Waals surface area contributed by atoms with Gasteiger partial charge >= 0.3 is 0 Å². The lowest BCUT2D eigenvalue weighted by molar-refractivity contribution is 0.525. The molecule has 0 spiro atoms. The Kier molecular flexibility index (Phi) is 2.97. The summed E-state index contributed by atoms with van der Waals surface area (Å²) in [5.74, 6) is 2.63. The number of hydrogen-bond donors (Lipinski definition) is 1. The molecule has 3 heteroatoms. The molecule has 108 valence electrons. The highest BCUT2D eigenvalue weighted by Gasteiger charge is 2.05. The van der Waals surface area contributed by atoms with Crippen molar-refractivity contribution in [3.8, 4) is 11.5 Å². The maximum absolute atomic E-state index is 5.54. The first kappa shape index (κ1) is 12.8. The molecule has 4 rings (SSSR count). The van der Waals surface area contributed by atoms with Crippen molar-refractivity contribution in [3.63, 3.8) is 0 Å². The van der Waals surface area contributed by atoms with Crippen LogP contribution >= 0.6 is 0 Å². The zero-order chi connectivity index (χ0) is 14.9. The van der Waals surface area contributed by atoms with Crippen molar-refractivity contribution >= 4 is 23.1 Å². The summed E-state index contributed by atoms with van der Waals surface area (Å²) in [6.07, 6.45) is 5.71. The first-order valence-electron chi connectivity index (χ1n) is 7.19. The molecule has 1 aromatic carbocycles. The van der Waals surface area contributed by atoms with Crippen molar-refractivity contribution < 1.29 is 8.83 Å². The standard InChI is InChI=1S/C19H15NO2/c1-13-4-7-16(22-13)8-5-14-6-9-17-15(11-14)12-18(20-17)19-3-2-10-21-19/h2-12,20H,1H3. The molecular formula is C19H15NO2. The molecule has 22 heavy (non-hydrogen) atoms. The molecule has 3 nitrogen and oxygen atoms in total. The van der Waals surface area contributed by atoms with Crippen molar-refractivity contribution in [1.82, 2.24) is 4.98 Å². The van der Waals surface area contributed by atoms with Crippen molar-refractivity contribution in [2.45, 2.75) is 6.92 Å². The summed E-state index contributed by atoms with van der Waals surface area (Å²) in [5, 5.41) is 1.16. The molecule has 0 aliphatic carbocycles. The number of nitrogens with one attached hydrogen (secondary N) is 1. The van der Waals surface area contributed by atoms with Crippen LogP contribution in [0.2, 0.25) is 0 Å². The first-order valence-corrected chi connectivity index (χ1v) is 7.19. The summed E-state index contributed by atoms with van der Waals surface area (Å²) in [6.45, 7) is 1.94. The van der Waals surface area contributed by atoms with Gasteiger partial charge in [0.15, 0.2) is 0 Å². The summed E-state index contributed by atoms with van der Waals surface area (Å²) in [6, 6.07) is 16.2. The second-order valence-electron chi connectivity index (χ2n) is 5.29. The number of aryl methyl sites for hydroxylation is 1. The molecule has 0 bridgehead atoms. The lowest BCUT2D eigenvalue weighted by Gasteiger charge is -1.94. The zero-order valence-electron chi connectivity index (χ0n) is 12.2. The number of benzene rings is 1. The van der Waals surface area contributed by atoms with Gasteiger partial charge in [0.05, 0.1) is 12.0 Å². The van der Waals surface area contributed by atoms with Crippen LogP contribution in [0.25, 0.3) is 34.5 Å². The number of furan rings is 2. The van der Waals surface area contributed by atoms with Crippen molar-refractivity contribution in [2.24, 2.45) is 0 Å². The maximum Gasteiger partial charge on any atom is 0.150 e. The van der Waals surface area contributed by atoms with E-state index in [1.54, 1.807) is 6.26 Å². The second-order valence-corrected chi connectivity index (χ2v) is 5.29. The van der Waals surface area contributed by atoms with Gasteiger partial charge in [-0.05, 0) is 61.0 Å². The molecule has 0 radical (unpaired) electrons. The summed E-state index contributed by atoms with van der Waals surface area (Å²) in [5.41, 5.74) is 3.21. The first-order chi connectivity index (χ1) is 10.8. The van der Waals surface area contributed by atoms with E-state index in [1.165, 1.54) is 0 Å². The molecular weight excluding hydrogens is 274 g/mol. The second kappa shape index (κ2) is 5.11. The third-order valence-corrected chi connectivity index (χ3v) is 3.63. The van der Waals surface area contributed by atoms with Gasteiger partial charge in [-0.2, -0.15) is 0 Å². The van der Waals surface area contributed by atoms with Crippen molar-refractivity contribution in [3.05, 3.63) is 71.9 Å². The molecule has 3 aromatic heterocycles. The molecule has 0 fully saturated rings. The van der Waals surface area contributed by atoms with Gasteiger partial charge in [0.2, 0.25) is 0 Å². The number of fused-ring (bicyclic) bond motifs is 1. The molecule has 0 amide bonds. The van der Waals surface area contributed by atoms with Gasteiger partial charge in [-0.1, -0.05) is 12.1 Å². The maximum atomic E-state index is 5.54. The van der Waals surface area contributed by atoms with Crippen LogP contribution in [0.1, 0.15) is 17.1 Å². The van der Waals surface area contributed by atoms with Crippen LogP contribution in [0.5, 0.6) is 0 Å². The Balaban J connectivity index is 1.67. The minimum absolute atomic E-state index is 0.847. The smallest absolute Gasteiger partial charge is 0.150 e. The Bertz CT molecular complexity index is 939. The van der Waals surface area contributed by atoms with Crippen LogP contribution in [0, 0.1) is 6.92 Å². The zero-order valence-corrected chi connectivity index (χ0v) is 12.2.